The van der Waals surface area contributed by atoms with Crippen molar-refractivity contribution in [3.8, 4) is 0 Å². The Morgan fingerprint density at radius 3 is 1.86 bits per heavy atom. The van der Waals surface area contributed by atoms with Gasteiger partial charge in [0.2, 0.25) is 0 Å². The number of hydrogen-bond acceptors (Lipinski definition) is 7. The van der Waals surface area contributed by atoms with Crippen LogP contribution in [0.5, 0.6) is 0 Å². The van der Waals surface area contributed by atoms with Gasteiger partial charge < -0.3 is 18.9 Å². The summed E-state index contributed by atoms with van der Waals surface area (Å²) in [4.78, 5) is 33.4. The van der Waals surface area contributed by atoms with Crippen LogP contribution in [-0.4, -0.2) is 51.9 Å². The first kappa shape index (κ1) is 19.4. The number of ether oxygens (including phenoxy) is 4. The van der Waals surface area contributed by atoms with E-state index in [1.165, 1.54) is 14.2 Å². The zero-order chi connectivity index (χ0) is 15.9. The quantitative estimate of drug-likeness (QED) is 0.304. The fraction of sp³-hybridized carbons (Fsp3) is 0.786. The number of rotatable bonds is 12. The van der Waals surface area contributed by atoms with Crippen molar-refractivity contribution in [1.29, 1.82) is 0 Å². The van der Waals surface area contributed by atoms with Crippen molar-refractivity contribution in [3.05, 3.63) is 0 Å². The Bertz CT molecular complexity index is 314. The minimum atomic E-state index is -0.443. The molecule has 122 valence electrons. The lowest BCUT2D eigenvalue weighted by Gasteiger charge is -2.05. The summed E-state index contributed by atoms with van der Waals surface area (Å²) in [5.74, 6) is -1.10. The molecule has 0 unspecified atom stereocenters. The standard InChI is InChI=1S/C14H24O7/c1-18-10-11-21-14(17)8-7-13(16)20-9-5-3-4-6-12(15)19-2/h3-11H2,1-2H3. The number of esters is 3. The molecule has 0 radical (unpaired) electrons. The average molecular weight is 304 g/mol. The smallest absolute Gasteiger partial charge is 0.306 e. The van der Waals surface area contributed by atoms with Crippen LogP contribution >= 0.6 is 0 Å². The Labute approximate surface area is 124 Å². The molecule has 0 aliphatic carbocycles. The average Bonchev–Trinajstić information content (AvgIpc) is 2.48. The molecule has 0 bridgehead atoms. The van der Waals surface area contributed by atoms with E-state index < -0.39 is 11.9 Å². The first-order valence-corrected chi connectivity index (χ1v) is 6.97. The summed E-state index contributed by atoms with van der Waals surface area (Å²) in [7, 11) is 2.86. The Morgan fingerprint density at radius 2 is 1.29 bits per heavy atom. The fourth-order valence-corrected chi connectivity index (χ4v) is 1.42. The molecule has 0 rings (SSSR count). The summed E-state index contributed by atoms with van der Waals surface area (Å²) in [5.41, 5.74) is 0. The minimum absolute atomic E-state index is 0.00485. The second-order valence-corrected chi connectivity index (χ2v) is 4.32. The molecule has 0 aromatic rings. The Balaban J connectivity index is 3.42. The third-order valence-electron chi connectivity index (χ3n) is 2.60. The summed E-state index contributed by atoms with van der Waals surface area (Å²) >= 11 is 0. The summed E-state index contributed by atoms with van der Waals surface area (Å²) in [5, 5.41) is 0. The molecule has 0 fully saturated rings. The highest BCUT2D eigenvalue weighted by molar-refractivity contribution is 5.77. The lowest BCUT2D eigenvalue weighted by molar-refractivity contribution is -0.151. The SMILES string of the molecule is COCCOC(=O)CCC(=O)OCCCCCC(=O)OC. The zero-order valence-corrected chi connectivity index (χ0v) is 12.7. The van der Waals surface area contributed by atoms with Gasteiger partial charge in [-0.2, -0.15) is 0 Å². The van der Waals surface area contributed by atoms with Crippen molar-refractivity contribution in [2.75, 3.05) is 34.0 Å². The predicted molar refractivity (Wildman–Crippen MR) is 73.5 cm³/mol. The van der Waals surface area contributed by atoms with E-state index in [0.29, 0.717) is 32.5 Å². The van der Waals surface area contributed by atoms with Crippen LogP contribution in [0.15, 0.2) is 0 Å². The van der Waals surface area contributed by atoms with E-state index in [1.807, 2.05) is 0 Å². The minimum Gasteiger partial charge on any atom is -0.469 e. The van der Waals surface area contributed by atoms with Gasteiger partial charge >= 0.3 is 17.9 Å². The number of methoxy groups -OCH3 is 2. The lowest BCUT2D eigenvalue weighted by atomic mass is 10.2. The second-order valence-electron chi connectivity index (χ2n) is 4.32. The second kappa shape index (κ2) is 13.4. The van der Waals surface area contributed by atoms with Crippen LogP contribution in [0.2, 0.25) is 0 Å². The first-order valence-electron chi connectivity index (χ1n) is 6.97. The maximum Gasteiger partial charge on any atom is 0.306 e. The predicted octanol–water partition coefficient (Wildman–Crippen LogP) is 1.23. The van der Waals surface area contributed by atoms with E-state index in [-0.39, 0.29) is 25.4 Å². The van der Waals surface area contributed by atoms with Gasteiger partial charge in [0.25, 0.3) is 0 Å². The van der Waals surface area contributed by atoms with E-state index in [4.69, 9.17) is 14.2 Å². The van der Waals surface area contributed by atoms with Gasteiger partial charge in [0.05, 0.1) is 33.2 Å². The van der Waals surface area contributed by atoms with Gasteiger partial charge in [0, 0.05) is 13.5 Å². The van der Waals surface area contributed by atoms with Crippen LogP contribution in [0.3, 0.4) is 0 Å². The van der Waals surface area contributed by atoms with E-state index in [2.05, 4.69) is 4.74 Å². The first-order chi connectivity index (χ1) is 10.1. The number of unbranched alkanes of at least 4 members (excludes halogenated alkanes) is 2. The van der Waals surface area contributed by atoms with Gasteiger partial charge in [-0.3, -0.25) is 14.4 Å². The molecule has 0 N–H and O–H groups in total. The van der Waals surface area contributed by atoms with Crippen molar-refractivity contribution >= 4 is 17.9 Å². The summed E-state index contributed by atoms with van der Waals surface area (Å²) in [6.07, 6.45) is 2.55. The van der Waals surface area contributed by atoms with Crippen molar-refractivity contribution in [1.82, 2.24) is 0 Å². The molecule has 0 aliphatic rings. The third-order valence-corrected chi connectivity index (χ3v) is 2.60. The van der Waals surface area contributed by atoms with E-state index >= 15 is 0 Å². The highest BCUT2D eigenvalue weighted by Gasteiger charge is 2.09. The van der Waals surface area contributed by atoms with E-state index in [1.54, 1.807) is 0 Å². The van der Waals surface area contributed by atoms with Gasteiger partial charge in [0.1, 0.15) is 6.61 Å². The lowest BCUT2D eigenvalue weighted by Crippen LogP contribution is -2.13. The normalized spacial score (nSPS) is 10.0. The highest BCUT2D eigenvalue weighted by Crippen LogP contribution is 2.03. The summed E-state index contributed by atoms with van der Waals surface area (Å²) < 4.78 is 19.0. The van der Waals surface area contributed by atoms with Gasteiger partial charge in [-0.25, -0.2) is 0 Å². The van der Waals surface area contributed by atoms with Crippen LogP contribution < -0.4 is 0 Å². The molecule has 0 amide bonds. The number of hydrogen-bond donors (Lipinski definition) is 0. The highest BCUT2D eigenvalue weighted by atomic mass is 16.6. The molecule has 0 aliphatic heterocycles. The number of carbonyl (C=O) groups is 3. The molecular formula is C14H24O7. The molecule has 7 nitrogen and oxygen atoms in total. The molecular weight excluding hydrogens is 280 g/mol. The van der Waals surface area contributed by atoms with Crippen LogP contribution in [-0.2, 0) is 33.3 Å². The molecule has 0 heterocycles. The molecule has 7 heteroatoms. The number of carbonyl (C=O) groups excluding carboxylic acids is 3. The van der Waals surface area contributed by atoms with Crippen LogP contribution in [0.25, 0.3) is 0 Å². The molecule has 0 aromatic heterocycles. The van der Waals surface area contributed by atoms with Crippen LogP contribution in [0, 0.1) is 0 Å². The molecule has 0 atom stereocenters. The van der Waals surface area contributed by atoms with Gasteiger partial charge in [0.15, 0.2) is 0 Å². The van der Waals surface area contributed by atoms with Gasteiger partial charge in [-0.1, -0.05) is 0 Å². The Kier molecular flexibility index (Phi) is 12.3. The molecule has 0 saturated heterocycles. The van der Waals surface area contributed by atoms with Crippen molar-refractivity contribution < 1.29 is 33.3 Å². The fourth-order valence-electron chi connectivity index (χ4n) is 1.42. The monoisotopic (exact) mass is 304 g/mol. The van der Waals surface area contributed by atoms with Crippen molar-refractivity contribution in [3.63, 3.8) is 0 Å². The van der Waals surface area contributed by atoms with Gasteiger partial charge in [-0.15, -0.1) is 0 Å². The summed E-state index contributed by atoms with van der Waals surface area (Å²) in [6, 6.07) is 0. The van der Waals surface area contributed by atoms with E-state index in [0.717, 1.165) is 6.42 Å². The molecule has 21 heavy (non-hydrogen) atoms. The maximum atomic E-state index is 11.3. The molecule has 0 aromatic carbocycles. The molecule has 0 spiro atoms. The maximum absolute atomic E-state index is 11.3. The van der Waals surface area contributed by atoms with Crippen LogP contribution in [0.1, 0.15) is 38.5 Å². The topological polar surface area (TPSA) is 88.1 Å². The summed E-state index contributed by atoms with van der Waals surface area (Å²) in [6.45, 7) is 0.811. The van der Waals surface area contributed by atoms with Crippen LogP contribution in [0.4, 0.5) is 0 Å². The third kappa shape index (κ3) is 13.1. The Morgan fingerprint density at radius 1 is 0.667 bits per heavy atom. The van der Waals surface area contributed by atoms with Crippen molar-refractivity contribution in [2.24, 2.45) is 0 Å². The van der Waals surface area contributed by atoms with Crippen molar-refractivity contribution in [2.45, 2.75) is 38.5 Å². The molecule has 0 saturated carbocycles. The largest absolute Gasteiger partial charge is 0.469 e. The Hall–Kier alpha value is -1.63. The van der Waals surface area contributed by atoms with E-state index in [9.17, 15) is 14.4 Å². The zero-order valence-electron chi connectivity index (χ0n) is 12.7. The van der Waals surface area contributed by atoms with Gasteiger partial charge in [-0.05, 0) is 19.3 Å².